The Labute approximate surface area is 79.6 Å². The lowest BCUT2D eigenvalue weighted by Gasteiger charge is -1.96. The number of aryl methyl sites for hydroxylation is 1. The Balaban J connectivity index is 2.46. The first-order chi connectivity index (χ1) is 6.31. The average Bonchev–Trinajstić information content (AvgIpc) is 2.71. The van der Waals surface area contributed by atoms with Crippen LogP contribution in [0.4, 0.5) is 0 Å². The van der Waals surface area contributed by atoms with Crippen LogP contribution in [0.2, 0.25) is 0 Å². The summed E-state index contributed by atoms with van der Waals surface area (Å²) in [6.45, 7) is 0. The summed E-state index contributed by atoms with van der Waals surface area (Å²) >= 11 is 1.45. The molecule has 66 valence electrons. The van der Waals surface area contributed by atoms with Gasteiger partial charge in [-0.25, -0.2) is 0 Å². The van der Waals surface area contributed by atoms with E-state index in [1.54, 1.807) is 10.9 Å². The summed E-state index contributed by atoms with van der Waals surface area (Å²) in [5.74, 6) is 0. The maximum atomic E-state index is 10.5. The van der Waals surface area contributed by atoms with E-state index in [9.17, 15) is 4.79 Å². The number of nitrogens with zero attached hydrogens (tertiary/aromatic N) is 2. The molecule has 3 nitrogen and oxygen atoms in total. The maximum absolute atomic E-state index is 10.5. The molecule has 0 aliphatic rings. The molecule has 13 heavy (non-hydrogen) atoms. The highest BCUT2D eigenvalue weighted by atomic mass is 32.1. The van der Waals surface area contributed by atoms with Crippen molar-refractivity contribution >= 4 is 17.6 Å². The van der Waals surface area contributed by atoms with E-state index < -0.39 is 0 Å². The number of carbonyl (C=O) groups excluding carboxylic acids is 1. The predicted molar refractivity (Wildman–Crippen MR) is 51.9 cm³/mol. The second-order valence-corrected chi connectivity index (χ2v) is 3.64. The Bertz CT molecular complexity index is 430. The van der Waals surface area contributed by atoms with Gasteiger partial charge in [0.15, 0.2) is 6.29 Å². The van der Waals surface area contributed by atoms with E-state index in [0.717, 1.165) is 22.4 Å². The van der Waals surface area contributed by atoms with Crippen molar-refractivity contribution in [3.05, 3.63) is 28.6 Å². The molecule has 0 atom stereocenters. The fraction of sp³-hybridized carbons (Fsp3) is 0.111. The van der Waals surface area contributed by atoms with Crippen LogP contribution in [0.3, 0.4) is 0 Å². The van der Waals surface area contributed by atoms with Crippen LogP contribution in [0.25, 0.3) is 11.3 Å². The van der Waals surface area contributed by atoms with E-state index in [0.29, 0.717) is 0 Å². The van der Waals surface area contributed by atoms with Crippen LogP contribution in [-0.4, -0.2) is 16.1 Å². The van der Waals surface area contributed by atoms with Crippen LogP contribution < -0.4 is 0 Å². The SMILES string of the molecule is Cn1nccc1-c1csc(C=O)c1. The van der Waals surface area contributed by atoms with Crippen LogP contribution in [0.1, 0.15) is 9.67 Å². The fourth-order valence-corrected chi connectivity index (χ4v) is 1.91. The largest absolute Gasteiger partial charge is 0.297 e. The average molecular weight is 192 g/mol. The van der Waals surface area contributed by atoms with Crippen molar-refractivity contribution in [1.82, 2.24) is 9.78 Å². The molecule has 0 bridgehead atoms. The van der Waals surface area contributed by atoms with Crippen molar-refractivity contribution in [2.24, 2.45) is 7.05 Å². The van der Waals surface area contributed by atoms with E-state index >= 15 is 0 Å². The Morgan fingerprint density at radius 2 is 2.46 bits per heavy atom. The van der Waals surface area contributed by atoms with Gasteiger partial charge in [0, 0.05) is 24.2 Å². The summed E-state index contributed by atoms with van der Waals surface area (Å²) in [7, 11) is 1.88. The summed E-state index contributed by atoms with van der Waals surface area (Å²) in [5.41, 5.74) is 2.08. The van der Waals surface area contributed by atoms with Gasteiger partial charge in [-0.2, -0.15) is 5.10 Å². The van der Waals surface area contributed by atoms with E-state index in [4.69, 9.17) is 0 Å². The molecule has 0 aromatic carbocycles. The number of aromatic nitrogens is 2. The maximum Gasteiger partial charge on any atom is 0.160 e. The molecular formula is C9H8N2OS. The molecule has 0 amide bonds. The minimum absolute atomic E-state index is 0.746. The van der Waals surface area contributed by atoms with Gasteiger partial charge in [0.25, 0.3) is 0 Å². The number of hydrogen-bond acceptors (Lipinski definition) is 3. The lowest BCUT2D eigenvalue weighted by Crippen LogP contribution is -1.91. The summed E-state index contributed by atoms with van der Waals surface area (Å²) in [4.78, 5) is 11.2. The highest BCUT2D eigenvalue weighted by molar-refractivity contribution is 7.12. The molecule has 0 aliphatic carbocycles. The molecule has 2 heterocycles. The van der Waals surface area contributed by atoms with E-state index in [1.165, 1.54) is 11.3 Å². The van der Waals surface area contributed by atoms with Gasteiger partial charge in [-0.05, 0) is 12.1 Å². The minimum Gasteiger partial charge on any atom is -0.297 e. The van der Waals surface area contributed by atoms with E-state index in [2.05, 4.69) is 5.10 Å². The predicted octanol–water partition coefficient (Wildman–Crippen LogP) is 1.96. The van der Waals surface area contributed by atoms with Crippen LogP contribution in [-0.2, 0) is 7.05 Å². The first kappa shape index (κ1) is 8.19. The molecule has 0 unspecified atom stereocenters. The van der Waals surface area contributed by atoms with Crippen LogP contribution >= 0.6 is 11.3 Å². The third-order valence-electron chi connectivity index (χ3n) is 1.85. The highest BCUT2D eigenvalue weighted by Gasteiger charge is 2.04. The monoisotopic (exact) mass is 192 g/mol. The lowest BCUT2D eigenvalue weighted by molar-refractivity contribution is 0.112. The Hall–Kier alpha value is -1.42. The molecule has 0 saturated heterocycles. The van der Waals surface area contributed by atoms with Crippen molar-refractivity contribution in [2.45, 2.75) is 0 Å². The Kier molecular flexibility index (Phi) is 1.98. The van der Waals surface area contributed by atoms with E-state index in [-0.39, 0.29) is 0 Å². The normalized spacial score (nSPS) is 10.2. The smallest absolute Gasteiger partial charge is 0.160 e. The fourth-order valence-electron chi connectivity index (χ4n) is 1.21. The molecular weight excluding hydrogens is 184 g/mol. The highest BCUT2D eigenvalue weighted by Crippen LogP contribution is 2.23. The first-order valence-corrected chi connectivity index (χ1v) is 4.71. The Morgan fingerprint density at radius 1 is 1.62 bits per heavy atom. The van der Waals surface area contributed by atoms with Crippen LogP contribution in [0.15, 0.2) is 23.7 Å². The zero-order valence-electron chi connectivity index (χ0n) is 7.10. The number of hydrogen-bond donors (Lipinski definition) is 0. The molecule has 0 N–H and O–H groups in total. The van der Waals surface area contributed by atoms with Gasteiger partial charge in [0.1, 0.15) is 0 Å². The molecule has 0 aliphatic heterocycles. The second-order valence-electron chi connectivity index (χ2n) is 2.70. The first-order valence-electron chi connectivity index (χ1n) is 3.83. The molecule has 4 heteroatoms. The third kappa shape index (κ3) is 1.40. The lowest BCUT2D eigenvalue weighted by atomic mass is 10.2. The Morgan fingerprint density at radius 3 is 3.00 bits per heavy atom. The second kappa shape index (κ2) is 3.14. The summed E-state index contributed by atoms with van der Waals surface area (Å²) < 4.78 is 1.79. The molecule has 2 aromatic heterocycles. The van der Waals surface area contributed by atoms with Crippen molar-refractivity contribution in [1.29, 1.82) is 0 Å². The number of aldehydes is 1. The summed E-state index contributed by atoms with van der Waals surface area (Å²) in [6, 6.07) is 3.80. The van der Waals surface area contributed by atoms with Gasteiger partial charge >= 0.3 is 0 Å². The molecule has 2 aromatic rings. The molecule has 0 fully saturated rings. The quantitative estimate of drug-likeness (QED) is 0.682. The van der Waals surface area contributed by atoms with Crippen LogP contribution in [0, 0.1) is 0 Å². The van der Waals surface area contributed by atoms with Gasteiger partial charge in [-0.15, -0.1) is 11.3 Å². The molecule has 0 saturated carbocycles. The minimum atomic E-state index is 0.746. The molecule has 0 radical (unpaired) electrons. The van der Waals surface area contributed by atoms with Gasteiger partial charge in [0.05, 0.1) is 10.6 Å². The van der Waals surface area contributed by atoms with Crippen molar-refractivity contribution in [3.63, 3.8) is 0 Å². The van der Waals surface area contributed by atoms with Gasteiger partial charge in [-0.1, -0.05) is 0 Å². The van der Waals surface area contributed by atoms with E-state index in [1.807, 2.05) is 24.6 Å². The topological polar surface area (TPSA) is 34.9 Å². The third-order valence-corrected chi connectivity index (χ3v) is 2.71. The molecule has 2 rings (SSSR count). The standard InChI is InChI=1S/C9H8N2OS/c1-11-9(2-3-10-11)7-4-8(5-12)13-6-7/h2-6H,1H3. The number of carbonyl (C=O) groups is 1. The zero-order valence-corrected chi connectivity index (χ0v) is 7.91. The van der Waals surface area contributed by atoms with Crippen molar-refractivity contribution in [2.75, 3.05) is 0 Å². The van der Waals surface area contributed by atoms with Crippen LogP contribution in [0.5, 0.6) is 0 Å². The van der Waals surface area contributed by atoms with Crippen molar-refractivity contribution in [3.8, 4) is 11.3 Å². The summed E-state index contributed by atoms with van der Waals surface area (Å²) in [5, 5.41) is 6.02. The molecule has 0 spiro atoms. The number of rotatable bonds is 2. The van der Waals surface area contributed by atoms with Gasteiger partial charge < -0.3 is 0 Å². The van der Waals surface area contributed by atoms with Gasteiger partial charge in [0.2, 0.25) is 0 Å². The summed E-state index contributed by atoms with van der Waals surface area (Å²) in [6.07, 6.45) is 2.61. The zero-order chi connectivity index (χ0) is 9.26. The van der Waals surface area contributed by atoms with Crippen molar-refractivity contribution < 1.29 is 4.79 Å². The number of thiophene rings is 1. The van der Waals surface area contributed by atoms with Gasteiger partial charge in [-0.3, -0.25) is 9.48 Å².